The summed E-state index contributed by atoms with van der Waals surface area (Å²) in [7, 11) is -1.99. The minimum atomic E-state index is -3.47. The summed E-state index contributed by atoms with van der Waals surface area (Å²) in [6.07, 6.45) is 4.93. The van der Waals surface area contributed by atoms with Crippen LogP contribution in [-0.2, 0) is 22.0 Å². The van der Waals surface area contributed by atoms with Gasteiger partial charge in [0, 0.05) is 24.4 Å². The van der Waals surface area contributed by atoms with Crippen LogP contribution in [-0.4, -0.2) is 41.9 Å². The summed E-state index contributed by atoms with van der Waals surface area (Å²) in [5.41, 5.74) is 9.05. The molecule has 1 unspecified atom stereocenters. The first-order chi connectivity index (χ1) is 15.1. The van der Waals surface area contributed by atoms with E-state index in [-0.39, 0.29) is 5.89 Å². The number of H-pyrrole nitrogens is 1. The number of aromatic nitrogens is 4. The van der Waals surface area contributed by atoms with Crippen LogP contribution >= 0.6 is 0 Å². The number of anilines is 1. The maximum atomic E-state index is 12.1. The van der Waals surface area contributed by atoms with Crippen molar-refractivity contribution in [1.82, 2.24) is 20.2 Å². The van der Waals surface area contributed by atoms with Gasteiger partial charge in [-0.05, 0) is 37.1 Å². The molecule has 4 rings (SSSR count). The van der Waals surface area contributed by atoms with Gasteiger partial charge in [-0.2, -0.15) is 0 Å². The average molecular weight is 453 g/mol. The summed E-state index contributed by atoms with van der Waals surface area (Å²) < 4.78 is 31.4. The van der Waals surface area contributed by atoms with E-state index in [9.17, 15) is 8.42 Å². The Hall–Kier alpha value is -3.50. The van der Waals surface area contributed by atoms with Gasteiger partial charge in [-0.25, -0.2) is 13.4 Å². The number of imidazole rings is 1. The van der Waals surface area contributed by atoms with Gasteiger partial charge in [0.15, 0.2) is 0 Å². The smallest absolute Gasteiger partial charge is 0.247 e. The number of nitrogens with one attached hydrogen (secondary N) is 1. The van der Waals surface area contributed by atoms with Crippen LogP contribution in [0.3, 0.4) is 0 Å². The molecule has 9 nitrogen and oxygen atoms in total. The summed E-state index contributed by atoms with van der Waals surface area (Å²) in [5.74, 6) is 0.532. The topological polar surface area (TPSA) is 131 Å². The fourth-order valence-electron chi connectivity index (χ4n) is 3.34. The Morgan fingerprint density at radius 1 is 1.12 bits per heavy atom. The number of hydrogen-bond acceptors (Lipinski definition) is 7. The van der Waals surface area contributed by atoms with Gasteiger partial charge < -0.3 is 15.1 Å². The first kappa shape index (κ1) is 21.7. The zero-order valence-electron chi connectivity index (χ0n) is 18.0. The molecule has 0 amide bonds. The van der Waals surface area contributed by atoms with E-state index in [1.54, 1.807) is 24.7 Å². The monoisotopic (exact) mass is 452 g/mol. The lowest BCUT2D eigenvalue weighted by atomic mass is 9.94. The van der Waals surface area contributed by atoms with Crippen LogP contribution in [0.25, 0.3) is 22.7 Å². The largest absolute Gasteiger partial charge is 0.419 e. The summed E-state index contributed by atoms with van der Waals surface area (Å²) in [6, 6.07) is 15.1. The fraction of sp³-hybridized carbons (Fsp3) is 0.227. The predicted molar refractivity (Wildman–Crippen MR) is 122 cm³/mol. The molecule has 166 valence electrons. The van der Waals surface area contributed by atoms with Crippen LogP contribution in [0.1, 0.15) is 18.4 Å². The van der Waals surface area contributed by atoms with Gasteiger partial charge in [0.1, 0.15) is 0 Å². The number of hydrogen-bond donors (Lipinski definition) is 2. The van der Waals surface area contributed by atoms with Crippen molar-refractivity contribution in [2.45, 2.75) is 18.9 Å². The van der Waals surface area contributed by atoms with Crippen molar-refractivity contribution in [1.29, 1.82) is 0 Å². The van der Waals surface area contributed by atoms with E-state index in [0.29, 0.717) is 34.8 Å². The lowest BCUT2D eigenvalue weighted by Crippen LogP contribution is -2.35. The van der Waals surface area contributed by atoms with E-state index in [4.69, 9.17) is 10.2 Å². The van der Waals surface area contributed by atoms with Crippen molar-refractivity contribution in [3.63, 3.8) is 0 Å². The quantitative estimate of drug-likeness (QED) is 0.441. The molecule has 10 heteroatoms. The van der Waals surface area contributed by atoms with Crippen molar-refractivity contribution in [3.05, 3.63) is 72.5 Å². The third-order valence-corrected chi connectivity index (χ3v) is 6.35. The molecule has 0 bridgehead atoms. The van der Waals surface area contributed by atoms with Crippen molar-refractivity contribution in [2.24, 2.45) is 5.73 Å². The minimum absolute atomic E-state index is 0.241. The molecule has 0 aliphatic heterocycles. The number of nitrogens with zero attached hydrogens (tertiary/aromatic N) is 4. The second-order valence-electron chi connectivity index (χ2n) is 7.95. The first-order valence-corrected chi connectivity index (χ1v) is 11.7. The van der Waals surface area contributed by atoms with Crippen molar-refractivity contribution in [3.8, 4) is 22.7 Å². The second-order valence-corrected chi connectivity index (χ2v) is 9.96. The molecular weight excluding hydrogens is 428 g/mol. The lowest BCUT2D eigenvalue weighted by molar-refractivity contribution is 0.355. The fourth-order valence-corrected chi connectivity index (χ4v) is 3.83. The van der Waals surface area contributed by atoms with Crippen LogP contribution in [0.2, 0.25) is 0 Å². The third kappa shape index (κ3) is 4.56. The lowest BCUT2D eigenvalue weighted by Gasteiger charge is -2.20. The van der Waals surface area contributed by atoms with Gasteiger partial charge in [0.25, 0.3) is 0 Å². The van der Waals surface area contributed by atoms with Crippen molar-refractivity contribution in [2.75, 3.05) is 17.6 Å². The number of aromatic amines is 1. The van der Waals surface area contributed by atoms with Gasteiger partial charge in [-0.3, -0.25) is 4.31 Å². The standard InChI is InChI=1S/C22H24N6O3S/c1-22(23,12-15-7-5-4-6-8-15)21-27-26-20(31-21)17-9-16(19-13-24-14-25-19)10-18(11-17)28(2)32(3,29)30/h4-11,13-14H,12,23H2,1-3H3,(H,24,25). The molecule has 2 aromatic carbocycles. The van der Waals surface area contributed by atoms with Crippen LogP contribution in [0.4, 0.5) is 5.69 Å². The number of nitrogens with two attached hydrogens (primary N) is 1. The van der Waals surface area contributed by atoms with Gasteiger partial charge in [0.05, 0.1) is 29.5 Å². The van der Waals surface area contributed by atoms with Crippen molar-refractivity contribution >= 4 is 15.7 Å². The molecule has 32 heavy (non-hydrogen) atoms. The highest BCUT2D eigenvalue weighted by atomic mass is 32.2. The van der Waals surface area contributed by atoms with E-state index in [1.165, 1.54) is 11.4 Å². The van der Waals surface area contributed by atoms with Gasteiger partial charge in [-0.1, -0.05) is 30.3 Å². The van der Waals surface area contributed by atoms with Crippen LogP contribution in [0.5, 0.6) is 0 Å². The summed E-state index contributed by atoms with van der Waals surface area (Å²) >= 11 is 0. The molecule has 1 atom stereocenters. The van der Waals surface area contributed by atoms with E-state index >= 15 is 0 Å². The van der Waals surface area contributed by atoms with Crippen LogP contribution < -0.4 is 10.0 Å². The Morgan fingerprint density at radius 3 is 2.50 bits per heavy atom. The van der Waals surface area contributed by atoms with Gasteiger partial charge in [0.2, 0.25) is 21.8 Å². The minimum Gasteiger partial charge on any atom is -0.419 e. The summed E-state index contributed by atoms with van der Waals surface area (Å²) in [5, 5.41) is 8.37. The van der Waals surface area contributed by atoms with E-state index < -0.39 is 15.6 Å². The molecular formula is C22H24N6O3S. The molecule has 0 spiro atoms. The molecule has 0 saturated carbocycles. The van der Waals surface area contributed by atoms with Gasteiger partial charge >= 0.3 is 0 Å². The molecule has 0 aliphatic carbocycles. The van der Waals surface area contributed by atoms with E-state index in [2.05, 4.69) is 20.2 Å². The predicted octanol–water partition coefficient (Wildman–Crippen LogP) is 2.94. The Kier molecular flexibility index (Phi) is 5.57. The Labute approximate surface area is 186 Å². The molecule has 4 aromatic rings. The van der Waals surface area contributed by atoms with Crippen LogP contribution in [0, 0.1) is 0 Å². The molecule has 0 aliphatic rings. The molecule has 3 N–H and O–H groups in total. The molecule has 0 fully saturated rings. The Bertz CT molecular complexity index is 1310. The number of benzene rings is 2. The summed E-state index contributed by atoms with van der Waals surface area (Å²) in [4.78, 5) is 7.17. The normalized spacial score (nSPS) is 13.6. The van der Waals surface area contributed by atoms with Crippen LogP contribution in [0.15, 0.2) is 65.5 Å². The maximum Gasteiger partial charge on any atom is 0.247 e. The number of sulfonamides is 1. The molecule has 0 radical (unpaired) electrons. The van der Waals surface area contributed by atoms with E-state index in [0.717, 1.165) is 11.8 Å². The summed E-state index contributed by atoms with van der Waals surface area (Å²) in [6.45, 7) is 1.83. The maximum absolute atomic E-state index is 12.1. The first-order valence-electron chi connectivity index (χ1n) is 9.89. The molecule has 2 heterocycles. The van der Waals surface area contributed by atoms with E-state index in [1.807, 2.05) is 43.3 Å². The highest BCUT2D eigenvalue weighted by Crippen LogP contribution is 2.32. The highest BCUT2D eigenvalue weighted by Gasteiger charge is 2.29. The third-order valence-electron chi connectivity index (χ3n) is 5.15. The zero-order valence-corrected chi connectivity index (χ0v) is 18.8. The van der Waals surface area contributed by atoms with Crippen molar-refractivity contribution < 1.29 is 12.8 Å². The average Bonchev–Trinajstić information content (AvgIpc) is 3.45. The number of rotatable bonds is 7. The zero-order chi connectivity index (χ0) is 22.9. The Balaban J connectivity index is 1.73. The molecule has 2 aromatic heterocycles. The SMILES string of the molecule is CN(c1cc(-c2c[nH]cn2)cc(-c2nnc(C(C)(N)Cc3ccccc3)o2)c1)S(C)(=O)=O. The molecule has 0 saturated heterocycles. The Morgan fingerprint density at radius 2 is 1.84 bits per heavy atom. The second kappa shape index (κ2) is 8.21. The van der Waals surface area contributed by atoms with Gasteiger partial charge in [-0.15, -0.1) is 10.2 Å². The highest BCUT2D eigenvalue weighted by molar-refractivity contribution is 7.92.